The molecule has 4 N–H and O–H groups in total. The second-order valence-corrected chi connectivity index (χ2v) is 4.33. The molecule has 0 aliphatic carbocycles. The van der Waals surface area contributed by atoms with Gasteiger partial charge >= 0.3 is 5.16 Å². The normalized spacial score (nSPS) is 10.6. The molecule has 0 saturated carbocycles. The lowest BCUT2D eigenvalue weighted by atomic mass is 10.3. The summed E-state index contributed by atoms with van der Waals surface area (Å²) >= 11 is 1.42. The third-order valence-electron chi connectivity index (χ3n) is 2.31. The van der Waals surface area contributed by atoms with E-state index in [0.29, 0.717) is 5.75 Å². The van der Waals surface area contributed by atoms with Crippen LogP contribution in [0.15, 0.2) is 29.4 Å². The molecular weight excluding hydrogens is 224 g/mol. The fraction of sp³-hybridized carbons (Fsp3) is 0.200. The van der Waals surface area contributed by atoms with Crippen LogP contribution in [-0.4, -0.2) is 16.6 Å². The highest BCUT2D eigenvalue weighted by molar-refractivity contribution is 7.99. The van der Waals surface area contributed by atoms with Gasteiger partial charge in [0.05, 0.1) is 12.8 Å². The summed E-state index contributed by atoms with van der Waals surface area (Å²) in [4.78, 5) is 14.3. The van der Waals surface area contributed by atoms with Crippen LogP contribution in [0.1, 0.15) is 0 Å². The molecule has 5 nitrogen and oxygen atoms in total. The predicted octanol–water partition coefficient (Wildman–Crippen LogP) is 0.0744. The number of benzene rings is 1. The van der Waals surface area contributed by atoms with E-state index in [1.165, 1.54) is 11.8 Å². The standard InChI is InChI=1S/C10H12N4OS/c1-14-8-5-3-2-4-7(8)12-10(14)16-6-9(15)13-11/h2-5H,6,11H2,1H3,(H,13,15)/p+1. The zero-order valence-corrected chi connectivity index (χ0v) is 9.67. The average Bonchev–Trinajstić information content (AvgIpc) is 2.64. The van der Waals surface area contributed by atoms with Crippen molar-refractivity contribution in [2.45, 2.75) is 5.16 Å². The summed E-state index contributed by atoms with van der Waals surface area (Å²) in [6.45, 7) is 0. The van der Waals surface area contributed by atoms with E-state index >= 15 is 0 Å². The van der Waals surface area contributed by atoms with E-state index in [1.54, 1.807) is 0 Å². The van der Waals surface area contributed by atoms with Crippen molar-refractivity contribution in [3.63, 3.8) is 0 Å². The number of aromatic nitrogens is 2. The van der Waals surface area contributed by atoms with Crippen molar-refractivity contribution in [2.75, 3.05) is 5.75 Å². The number of aryl methyl sites for hydroxylation is 1. The van der Waals surface area contributed by atoms with Gasteiger partial charge in [0.1, 0.15) is 0 Å². The van der Waals surface area contributed by atoms with Gasteiger partial charge in [0.25, 0.3) is 0 Å². The van der Waals surface area contributed by atoms with E-state index in [0.717, 1.165) is 16.2 Å². The molecular formula is C10H13N4OS+. The quantitative estimate of drug-likeness (QED) is 0.232. The first-order chi connectivity index (χ1) is 7.72. The molecule has 2 rings (SSSR count). The SMILES string of the molecule is C[n+]1c(SCC(=O)NN)[nH]c2ccccc21. The van der Waals surface area contributed by atoms with Gasteiger partial charge < -0.3 is 0 Å². The number of imidazole rings is 1. The summed E-state index contributed by atoms with van der Waals surface area (Å²) in [6.07, 6.45) is 0. The van der Waals surface area contributed by atoms with Gasteiger partial charge in [0.15, 0.2) is 11.0 Å². The van der Waals surface area contributed by atoms with E-state index in [1.807, 2.05) is 35.9 Å². The summed E-state index contributed by atoms with van der Waals surface area (Å²) < 4.78 is 2.02. The van der Waals surface area contributed by atoms with Gasteiger partial charge in [-0.1, -0.05) is 12.1 Å². The minimum atomic E-state index is -0.191. The monoisotopic (exact) mass is 237 g/mol. The molecule has 0 aliphatic heterocycles. The Morgan fingerprint density at radius 1 is 1.56 bits per heavy atom. The van der Waals surface area contributed by atoms with Gasteiger partial charge in [-0.15, -0.1) is 0 Å². The fourth-order valence-electron chi connectivity index (χ4n) is 1.49. The lowest BCUT2D eigenvalue weighted by Gasteiger charge is -1.95. The van der Waals surface area contributed by atoms with Crippen molar-refractivity contribution in [1.82, 2.24) is 10.4 Å². The van der Waals surface area contributed by atoms with Gasteiger partial charge in [-0.2, -0.15) is 0 Å². The van der Waals surface area contributed by atoms with E-state index in [9.17, 15) is 4.79 Å². The first-order valence-corrected chi connectivity index (χ1v) is 5.80. The van der Waals surface area contributed by atoms with Crippen molar-refractivity contribution in [2.24, 2.45) is 12.9 Å². The molecule has 0 bridgehead atoms. The van der Waals surface area contributed by atoms with Crippen molar-refractivity contribution in [3.05, 3.63) is 24.3 Å². The maximum absolute atomic E-state index is 11.0. The number of hydrogen-bond donors (Lipinski definition) is 3. The zero-order chi connectivity index (χ0) is 11.5. The van der Waals surface area contributed by atoms with Gasteiger partial charge in [-0.25, -0.2) is 15.4 Å². The Morgan fingerprint density at radius 3 is 3.00 bits per heavy atom. The number of nitrogens with zero attached hydrogens (tertiary/aromatic N) is 1. The Hall–Kier alpha value is -1.53. The topological polar surface area (TPSA) is 74.8 Å². The maximum Gasteiger partial charge on any atom is 0.317 e. The summed E-state index contributed by atoms with van der Waals surface area (Å²) in [5.74, 6) is 5.13. The Kier molecular flexibility index (Phi) is 3.12. The molecule has 84 valence electrons. The molecule has 0 unspecified atom stereocenters. The number of H-pyrrole nitrogens is 1. The zero-order valence-electron chi connectivity index (χ0n) is 8.86. The van der Waals surface area contributed by atoms with Crippen LogP contribution in [0.5, 0.6) is 0 Å². The molecule has 16 heavy (non-hydrogen) atoms. The Balaban J connectivity index is 2.24. The van der Waals surface area contributed by atoms with Crippen LogP contribution >= 0.6 is 11.8 Å². The van der Waals surface area contributed by atoms with E-state index in [-0.39, 0.29) is 5.91 Å². The van der Waals surface area contributed by atoms with E-state index < -0.39 is 0 Å². The lowest BCUT2D eigenvalue weighted by molar-refractivity contribution is -0.683. The number of hydrazine groups is 1. The van der Waals surface area contributed by atoms with Gasteiger partial charge in [-0.05, 0) is 23.9 Å². The summed E-state index contributed by atoms with van der Waals surface area (Å²) in [5.41, 5.74) is 4.27. The summed E-state index contributed by atoms with van der Waals surface area (Å²) in [6, 6.07) is 7.98. The molecule has 1 aromatic carbocycles. The van der Waals surface area contributed by atoms with Crippen molar-refractivity contribution >= 4 is 28.7 Å². The number of thioether (sulfide) groups is 1. The van der Waals surface area contributed by atoms with Crippen molar-refractivity contribution < 1.29 is 9.36 Å². The number of carbonyl (C=O) groups is 1. The maximum atomic E-state index is 11.0. The second kappa shape index (κ2) is 4.54. The van der Waals surface area contributed by atoms with Crippen LogP contribution in [0, 0.1) is 0 Å². The minimum Gasteiger partial charge on any atom is -0.294 e. The number of rotatable bonds is 3. The first kappa shape index (κ1) is 11.0. The van der Waals surface area contributed by atoms with E-state index in [4.69, 9.17) is 5.84 Å². The highest BCUT2D eigenvalue weighted by Gasteiger charge is 2.16. The minimum absolute atomic E-state index is 0.191. The summed E-state index contributed by atoms with van der Waals surface area (Å²) in [7, 11) is 1.96. The molecule has 0 spiro atoms. The lowest BCUT2D eigenvalue weighted by Crippen LogP contribution is -2.33. The number of para-hydroxylation sites is 2. The Labute approximate surface area is 97.0 Å². The molecule has 1 heterocycles. The highest BCUT2D eigenvalue weighted by atomic mass is 32.2. The van der Waals surface area contributed by atoms with Gasteiger partial charge in [0, 0.05) is 0 Å². The van der Waals surface area contributed by atoms with E-state index in [2.05, 4.69) is 10.4 Å². The molecule has 1 amide bonds. The van der Waals surface area contributed by atoms with Gasteiger partial charge in [0.2, 0.25) is 5.91 Å². The smallest absolute Gasteiger partial charge is 0.294 e. The third-order valence-corrected chi connectivity index (χ3v) is 3.37. The number of fused-ring (bicyclic) bond motifs is 1. The van der Waals surface area contributed by atoms with Crippen LogP contribution in [0.4, 0.5) is 0 Å². The van der Waals surface area contributed by atoms with Crippen molar-refractivity contribution in [1.29, 1.82) is 0 Å². The van der Waals surface area contributed by atoms with Crippen LogP contribution in [0.2, 0.25) is 0 Å². The van der Waals surface area contributed by atoms with Crippen LogP contribution in [0.25, 0.3) is 11.0 Å². The average molecular weight is 237 g/mol. The number of amides is 1. The van der Waals surface area contributed by atoms with Crippen LogP contribution in [0.3, 0.4) is 0 Å². The molecule has 0 saturated heterocycles. The largest absolute Gasteiger partial charge is 0.317 e. The third kappa shape index (κ3) is 2.02. The number of carbonyl (C=O) groups excluding carboxylic acids is 1. The molecule has 0 atom stereocenters. The Morgan fingerprint density at radius 2 is 2.31 bits per heavy atom. The number of nitrogens with one attached hydrogen (secondary N) is 2. The molecule has 0 fully saturated rings. The fourth-order valence-corrected chi connectivity index (χ4v) is 2.31. The predicted molar refractivity (Wildman–Crippen MR) is 62.5 cm³/mol. The number of nitrogens with two attached hydrogens (primary N) is 1. The van der Waals surface area contributed by atoms with Crippen LogP contribution in [-0.2, 0) is 11.8 Å². The molecule has 0 radical (unpaired) electrons. The highest BCUT2D eigenvalue weighted by Crippen LogP contribution is 2.16. The first-order valence-electron chi connectivity index (χ1n) is 4.81. The molecule has 2 aromatic rings. The number of aromatic amines is 1. The van der Waals surface area contributed by atoms with Crippen molar-refractivity contribution in [3.8, 4) is 0 Å². The van der Waals surface area contributed by atoms with Crippen LogP contribution < -0.4 is 15.8 Å². The molecule has 0 aliphatic rings. The summed E-state index contributed by atoms with van der Waals surface area (Å²) in [5, 5.41) is 0.935. The molecule has 6 heteroatoms. The Bertz CT molecular complexity index is 523. The number of hydrogen-bond acceptors (Lipinski definition) is 3. The molecule has 1 aromatic heterocycles. The van der Waals surface area contributed by atoms with Gasteiger partial charge in [-0.3, -0.25) is 10.2 Å². The second-order valence-electron chi connectivity index (χ2n) is 3.36.